The van der Waals surface area contributed by atoms with Gasteiger partial charge in [-0.15, -0.1) is 0 Å². The molecule has 0 nitrogen and oxygen atoms in total. The van der Waals surface area contributed by atoms with Crippen molar-refractivity contribution in [1.82, 2.24) is 0 Å². The van der Waals surface area contributed by atoms with Crippen LogP contribution in [-0.2, 0) is 10.8 Å². The molecular weight excluding hydrogens is 360 g/mol. The Labute approximate surface area is 180 Å². The lowest BCUT2D eigenvalue weighted by Crippen LogP contribution is -2.28. The van der Waals surface area contributed by atoms with Gasteiger partial charge in [-0.1, -0.05) is 111 Å². The van der Waals surface area contributed by atoms with E-state index in [1.54, 1.807) is 11.1 Å². The van der Waals surface area contributed by atoms with E-state index >= 15 is 0 Å². The fraction of sp³-hybridized carbons (Fsp3) is 0.333. The van der Waals surface area contributed by atoms with Gasteiger partial charge in [-0.2, -0.15) is 0 Å². The predicted octanol–water partition coefficient (Wildman–Crippen LogP) is 7.36. The molecular formula is C30H30. The first-order valence-electron chi connectivity index (χ1n) is 11.5. The lowest BCUT2D eigenvalue weighted by atomic mass is 9.69. The van der Waals surface area contributed by atoms with Crippen LogP contribution in [0.15, 0.2) is 97.1 Å². The minimum absolute atomic E-state index is 0.144. The second-order valence-corrected chi connectivity index (χ2v) is 10.1. The van der Waals surface area contributed by atoms with Crippen LogP contribution in [0.4, 0.5) is 0 Å². The van der Waals surface area contributed by atoms with Gasteiger partial charge < -0.3 is 0 Å². The molecule has 4 aliphatic carbocycles. The Morgan fingerprint density at radius 2 is 1.03 bits per heavy atom. The summed E-state index contributed by atoms with van der Waals surface area (Å²) in [6, 6.07) is 18.4. The maximum atomic E-state index is 2.47. The van der Waals surface area contributed by atoms with Crippen molar-refractivity contribution in [3.05, 3.63) is 119 Å². The molecule has 0 fully saturated rings. The number of hydrogen-bond donors (Lipinski definition) is 0. The van der Waals surface area contributed by atoms with Crippen LogP contribution in [-0.4, -0.2) is 0 Å². The summed E-state index contributed by atoms with van der Waals surface area (Å²) in [5.74, 6) is 2.36. The first-order chi connectivity index (χ1) is 14.6. The molecule has 6 unspecified atom stereocenters. The quantitative estimate of drug-likeness (QED) is 0.513. The summed E-state index contributed by atoms with van der Waals surface area (Å²) in [6.45, 7) is 4.88. The molecule has 0 heteroatoms. The van der Waals surface area contributed by atoms with E-state index in [1.165, 1.54) is 24.0 Å². The highest BCUT2D eigenvalue weighted by atomic mass is 14.5. The second-order valence-electron chi connectivity index (χ2n) is 10.1. The Hall–Kier alpha value is -2.60. The molecule has 150 valence electrons. The van der Waals surface area contributed by atoms with Gasteiger partial charge in [0.2, 0.25) is 0 Å². The highest BCUT2D eigenvalue weighted by molar-refractivity contribution is 5.52. The fourth-order valence-electron chi connectivity index (χ4n) is 7.18. The van der Waals surface area contributed by atoms with Gasteiger partial charge in [0, 0.05) is 10.8 Å². The van der Waals surface area contributed by atoms with E-state index in [2.05, 4.69) is 111 Å². The largest absolute Gasteiger partial charge is 0.0796 e. The zero-order valence-electron chi connectivity index (χ0n) is 18.0. The van der Waals surface area contributed by atoms with E-state index < -0.39 is 0 Å². The molecule has 0 spiro atoms. The van der Waals surface area contributed by atoms with Crippen molar-refractivity contribution in [3.63, 3.8) is 0 Å². The van der Waals surface area contributed by atoms with Gasteiger partial charge in [-0.05, 0) is 58.8 Å². The number of benzene rings is 2. The van der Waals surface area contributed by atoms with Crippen molar-refractivity contribution < 1.29 is 0 Å². The zero-order chi connectivity index (χ0) is 20.3. The molecule has 0 heterocycles. The molecule has 0 N–H and O–H groups in total. The van der Waals surface area contributed by atoms with Crippen LogP contribution >= 0.6 is 0 Å². The van der Waals surface area contributed by atoms with Crippen LogP contribution in [0.1, 0.15) is 60.8 Å². The maximum absolute atomic E-state index is 2.47. The van der Waals surface area contributed by atoms with Crippen molar-refractivity contribution in [2.75, 3.05) is 0 Å². The maximum Gasteiger partial charge on any atom is 0.0178 e. The van der Waals surface area contributed by atoms with Gasteiger partial charge in [0.25, 0.3) is 0 Å². The van der Waals surface area contributed by atoms with E-state index in [0.717, 1.165) is 0 Å². The third kappa shape index (κ3) is 2.34. The van der Waals surface area contributed by atoms with E-state index in [1.807, 2.05) is 0 Å². The van der Waals surface area contributed by atoms with Crippen LogP contribution in [0.5, 0.6) is 0 Å². The molecule has 2 aromatic carbocycles. The molecule has 0 bridgehead atoms. The van der Waals surface area contributed by atoms with Crippen molar-refractivity contribution >= 4 is 0 Å². The smallest absolute Gasteiger partial charge is 0.0178 e. The van der Waals surface area contributed by atoms with E-state index in [9.17, 15) is 0 Å². The lowest BCUT2D eigenvalue weighted by molar-refractivity contribution is 0.341. The van der Waals surface area contributed by atoms with Gasteiger partial charge in [-0.3, -0.25) is 0 Å². The summed E-state index contributed by atoms with van der Waals surface area (Å²) < 4.78 is 0. The van der Waals surface area contributed by atoms with Gasteiger partial charge >= 0.3 is 0 Å². The van der Waals surface area contributed by atoms with Gasteiger partial charge in [0.1, 0.15) is 0 Å². The molecule has 0 amide bonds. The van der Waals surface area contributed by atoms with Gasteiger partial charge in [0.05, 0.1) is 0 Å². The lowest BCUT2D eigenvalue weighted by Gasteiger charge is -2.34. The Kier molecular flexibility index (Phi) is 3.91. The molecule has 4 aliphatic rings. The summed E-state index contributed by atoms with van der Waals surface area (Å²) >= 11 is 0. The first-order valence-corrected chi connectivity index (χ1v) is 11.5. The summed E-state index contributed by atoms with van der Waals surface area (Å²) in [5, 5.41) is 0. The SMILES string of the molecule is CC12C=CC=CC1C(CCC1c3ccccc3C3(C)C=CC=CC13)c1ccccc12. The molecule has 6 rings (SSSR count). The van der Waals surface area contributed by atoms with Crippen LogP contribution < -0.4 is 0 Å². The number of fused-ring (bicyclic) bond motifs is 6. The highest BCUT2D eigenvalue weighted by Gasteiger charge is 2.49. The first kappa shape index (κ1) is 18.2. The summed E-state index contributed by atoms with van der Waals surface area (Å²) in [4.78, 5) is 0. The number of rotatable bonds is 3. The summed E-state index contributed by atoms with van der Waals surface area (Å²) in [5.41, 5.74) is 6.52. The average molecular weight is 391 g/mol. The van der Waals surface area contributed by atoms with Crippen LogP contribution in [0.2, 0.25) is 0 Å². The van der Waals surface area contributed by atoms with Gasteiger partial charge in [-0.25, -0.2) is 0 Å². The Morgan fingerprint density at radius 3 is 1.50 bits per heavy atom. The molecule has 30 heavy (non-hydrogen) atoms. The monoisotopic (exact) mass is 390 g/mol. The van der Waals surface area contributed by atoms with Crippen molar-refractivity contribution in [2.24, 2.45) is 11.8 Å². The third-order valence-corrected chi connectivity index (χ3v) is 8.67. The molecule has 0 radical (unpaired) electrons. The van der Waals surface area contributed by atoms with Crippen LogP contribution in [0, 0.1) is 11.8 Å². The normalized spacial score (nSPS) is 37.0. The van der Waals surface area contributed by atoms with Crippen molar-refractivity contribution in [2.45, 2.75) is 49.4 Å². The average Bonchev–Trinajstić information content (AvgIpc) is 3.18. The second kappa shape index (κ2) is 6.45. The minimum Gasteiger partial charge on any atom is -0.0796 e. The standard InChI is InChI=1S/C30H30/c1-29-19-9-7-15-27(29)23(21-11-3-5-13-25(21)29)17-18-24-22-12-4-6-14-26(22)30(2)20-10-8-16-28(24)30/h3-16,19-20,23-24,27-28H,17-18H2,1-2H3. The molecule has 0 aliphatic heterocycles. The molecule has 0 saturated heterocycles. The topological polar surface area (TPSA) is 0 Å². The molecule has 2 aromatic rings. The van der Waals surface area contributed by atoms with Crippen molar-refractivity contribution in [1.29, 1.82) is 0 Å². The Balaban J connectivity index is 1.35. The Morgan fingerprint density at radius 1 is 0.600 bits per heavy atom. The number of hydrogen-bond acceptors (Lipinski definition) is 0. The summed E-state index contributed by atoms with van der Waals surface area (Å²) in [6.07, 6.45) is 21.3. The molecule has 0 aromatic heterocycles. The third-order valence-electron chi connectivity index (χ3n) is 8.67. The molecule has 6 atom stereocenters. The zero-order valence-corrected chi connectivity index (χ0v) is 18.0. The molecule has 0 saturated carbocycles. The summed E-state index contributed by atoms with van der Waals surface area (Å²) in [7, 11) is 0. The minimum atomic E-state index is 0.144. The Bertz CT molecular complexity index is 1020. The van der Waals surface area contributed by atoms with E-state index in [0.29, 0.717) is 23.7 Å². The van der Waals surface area contributed by atoms with Gasteiger partial charge in [0.15, 0.2) is 0 Å². The number of allylic oxidation sites excluding steroid dienone is 8. The van der Waals surface area contributed by atoms with Crippen LogP contribution in [0.25, 0.3) is 0 Å². The van der Waals surface area contributed by atoms with E-state index in [-0.39, 0.29) is 10.8 Å². The van der Waals surface area contributed by atoms with E-state index in [4.69, 9.17) is 0 Å². The van der Waals surface area contributed by atoms with Crippen LogP contribution in [0.3, 0.4) is 0 Å². The highest BCUT2D eigenvalue weighted by Crippen LogP contribution is 2.58. The fourth-order valence-corrected chi connectivity index (χ4v) is 7.18. The predicted molar refractivity (Wildman–Crippen MR) is 126 cm³/mol. The van der Waals surface area contributed by atoms with Crippen molar-refractivity contribution in [3.8, 4) is 0 Å².